The molecule has 2 heterocycles. The van der Waals surface area contributed by atoms with E-state index in [9.17, 15) is 4.79 Å². The van der Waals surface area contributed by atoms with Gasteiger partial charge in [-0.25, -0.2) is 9.97 Å². The van der Waals surface area contributed by atoms with Gasteiger partial charge in [0.15, 0.2) is 5.78 Å². The summed E-state index contributed by atoms with van der Waals surface area (Å²) < 4.78 is 5.71. The fraction of sp³-hybridized carbons (Fsp3) is 0.400. The second-order valence-corrected chi connectivity index (χ2v) is 4.81. The van der Waals surface area contributed by atoms with Crippen LogP contribution in [0.15, 0.2) is 24.7 Å². The maximum Gasteiger partial charge on any atom is 0.226 e. The molecule has 0 saturated heterocycles. The second kappa shape index (κ2) is 6.32. The summed E-state index contributed by atoms with van der Waals surface area (Å²) >= 11 is 0. The highest BCUT2D eigenvalue weighted by molar-refractivity contribution is 5.89. The van der Waals surface area contributed by atoms with E-state index in [1.807, 2.05) is 33.0 Å². The molecule has 1 N–H and O–H groups in total. The van der Waals surface area contributed by atoms with Gasteiger partial charge in [-0.2, -0.15) is 0 Å². The lowest BCUT2D eigenvalue weighted by molar-refractivity contribution is -0.114. The lowest BCUT2D eigenvalue weighted by atomic mass is 10.1. The number of hydrogen-bond donors (Lipinski definition) is 1. The van der Waals surface area contributed by atoms with Crippen LogP contribution in [0.4, 0.5) is 0 Å². The maximum atomic E-state index is 11.3. The predicted octanol–water partition coefficient (Wildman–Crippen LogP) is 2.82. The summed E-state index contributed by atoms with van der Waals surface area (Å²) in [7, 11) is 0. The summed E-state index contributed by atoms with van der Waals surface area (Å²) in [4.78, 5) is 22.8. The number of ketones is 1. The number of carbonyl (C=O) groups excluding carboxylic acids is 1. The zero-order valence-electron chi connectivity index (χ0n) is 12.0. The van der Waals surface area contributed by atoms with Gasteiger partial charge in [0.05, 0.1) is 11.5 Å². The number of allylic oxidation sites excluding steroid dienone is 2. The molecule has 0 amide bonds. The first kappa shape index (κ1) is 14.2. The Morgan fingerprint density at radius 2 is 2.25 bits per heavy atom. The first-order valence-electron chi connectivity index (χ1n) is 6.78. The van der Waals surface area contributed by atoms with Crippen molar-refractivity contribution >= 4 is 16.8 Å². The van der Waals surface area contributed by atoms with Crippen molar-refractivity contribution in [2.75, 3.05) is 0 Å². The third kappa shape index (κ3) is 3.23. The molecule has 20 heavy (non-hydrogen) atoms. The molecule has 0 saturated carbocycles. The Morgan fingerprint density at radius 1 is 1.45 bits per heavy atom. The summed E-state index contributed by atoms with van der Waals surface area (Å²) in [6, 6.07) is 0. The Morgan fingerprint density at radius 3 is 2.95 bits per heavy atom. The molecule has 0 aliphatic rings. The van der Waals surface area contributed by atoms with Crippen LogP contribution in [0, 0.1) is 0 Å². The minimum atomic E-state index is 0.0491. The van der Waals surface area contributed by atoms with Crippen molar-refractivity contribution in [3.63, 3.8) is 0 Å². The van der Waals surface area contributed by atoms with E-state index >= 15 is 0 Å². The van der Waals surface area contributed by atoms with Crippen LogP contribution in [-0.4, -0.2) is 26.8 Å². The first-order valence-corrected chi connectivity index (χ1v) is 6.78. The third-order valence-corrected chi connectivity index (χ3v) is 2.85. The number of ether oxygens (including phenoxy) is 1. The van der Waals surface area contributed by atoms with E-state index in [0.717, 1.165) is 16.6 Å². The van der Waals surface area contributed by atoms with E-state index < -0.39 is 0 Å². The van der Waals surface area contributed by atoms with Crippen molar-refractivity contribution in [2.24, 2.45) is 0 Å². The van der Waals surface area contributed by atoms with E-state index in [1.54, 1.807) is 6.08 Å². The number of nitrogens with one attached hydrogen (secondary N) is 1. The van der Waals surface area contributed by atoms with Crippen molar-refractivity contribution in [1.82, 2.24) is 15.0 Å². The molecule has 0 aromatic carbocycles. The third-order valence-electron chi connectivity index (χ3n) is 2.85. The van der Waals surface area contributed by atoms with E-state index in [4.69, 9.17) is 4.74 Å². The van der Waals surface area contributed by atoms with Gasteiger partial charge < -0.3 is 9.72 Å². The number of hydrogen-bond acceptors (Lipinski definition) is 4. The van der Waals surface area contributed by atoms with Crippen molar-refractivity contribution in [2.45, 2.75) is 39.7 Å². The lowest BCUT2D eigenvalue weighted by Gasteiger charge is -2.09. The van der Waals surface area contributed by atoms with Gasteiger partial charge in [0, 0.05) is 12.6 Å². The second-order valence-electron chi connectivity index (χ2n) is 4.81. The molecule has 2 rings (SSSR count). The minimum Gasteiger partial charge on any atom is -0.474 e. The summed E-state index contributed by atoms with van der Waals surface area (Å²) in [5.41, 5.74) is 1.78. The molecular weight excluding hydrogens is 254 g/mol. The van der Waals surface area contributed by atoms with E-state index in [1.165, 1.54) is 6.33 Å². The summed E-state index contributed by atoms with van der Waals surface area (Å²) in [6.45, 7) is 5.76. The van der Waals surface area contributed by atoms with E-state index in [-0.39, 0.29) is 11.9 Å². The number of H-pyrrole nitrogens is 1. The number of fused-ring (bicyclic) bond motifs is 1. The molecule has 0 unspecified atom stereocenters. The van der Waals surface area contributed by atoms with Crippen molar-refractivity contribution in [1.29, 1.82) is 0 Å². The van der Waals surface area contributed by atoms with Gasteiger partial charge in [0.25, 0.3) is 0 Å². The van der Waals surface area contributed by atoms with Gasteiger partial charge >= 0.3 is 0 Å². The molecule has 5 heteroatoms. The number of aromatic amines is 1. The standard InChI is InChI=1S/C15H19N3O2/c1-4-12(19)7-5-6-11-8-16-14-13(11)15(18-9-17-14)20-10(2)3/h5,7-10H,4,6H2,1-3H3,(H,16,17,18)/b7-5+. The molecule has 0 atom stereocenters. The van der Waals surface area contributed by atoms with Gasteiger partial charge in [0.1, 0.15) is 12.0 Å². The van der Waals surface area contributed by atoms with Crippen molar-refractivity contribution < 1.29 is 9.53 Å². The number of aromatic nitrogens is 3. The zero-order chi connectivity index (χ0) is 14.5. The van der Waals surface area contributed by atoms with Crippen molar-refractivity contribution in [3.8, 4) is 5.88 Å². The summed E-state index contributed by atoms with van der Waals surface area (Å²) in [6.07, 6.45) is 8.06. The molecular formula is C15H19N3O2. The number of carbonyl (C=O) groups is 1. The van der Waals surface area contributed by atoms with Crippen LogP contribution in [0.25, 0.3) is 11.0 Å². The summed E-state index contributed by atoms with van der Waals surface area (Å²) in [5, 5.41) is 0.884. The Labute approximate surface area is 118 Å². The van der Waals surface area contributed by atoms with Gasteiger partial charge in [-0.3, -0.25) is 4.79 Å². The van der Waals surface area contributed by atoms with Crippen LogP contribution in [0.1, 0.15) is 32.8 Å². The topological polar surface area (TPSA) is 67.9 Å². The SMILES string of the molecule is CCC(=O)/C=C/Cc1c[nH]c2ncnc(OC(C)C)c12. The molecule has 5 nitrogen and oxygen atoms in total. The normalized spacial score (nSPS) is 11.6. The van der Waals surface area contributed by atoms with Crippen LogP contribution < -0.4 is 4.74 Å². The Balaban J connectivity index is 2.29. The highest BCUT2D eigenvalue weighted by atomic mass is 16.5. The highest BCUT2D eigenvalue weighted by Gasteiger charge is 2.12. The molecule has 2 aromatic rings. The average molecular weight is 273 g/mol. The monoisotopic (exact) mass is 273 g/mol. The summed E-state index contributed by atoms with van der Waals surface area (Å²) in [5.74, 6) is 0.705. The fourth-order valence-corrected chi connectivity index (χ4v) is 1.90. The van der Waals surface area contributed by atoms with Gasteiger partial charge in [-0.15, -0.1) is 0 Å². The maximum absolute atomic E-state index is 11.3. The number of rotatable bonds is 6. The van der Waals surface area contributed by atoms with Crippen molar-refractivity contribution in [3.05, 3.63) is 30.2 Å². The first-order chi connectivity index (χ1) is 9.61. The Hall–Kier alpha value is -2.17. The van der Waals surface area contributed by atoms with Gasteiger partial charge in [0.2, 0.25) is 5.88 Å². The van der Waals surface area contributed by atoms with Gasteiger partial charge in [-0.05, 0) is 31.9 Å². The lowest BCUT2D eigenvalue weighted by Crippen LogP contribution is -2.07. The molecule has 0 bridgehead atoms. The molecule has 0 aliphatic heterocycles. The Kier molecular flexibility index (Phi) is 4.50. The predicted molar refractivity (Wildman–Crippen MR) is 77.8 cm³/mol. The van der Waals surface area contributed by atoms with Gasteiger partial charge in [-0.1, -0.05) is 13.0 Å². The number of nitrogens with zero attached hydrogens (tertiary/aromatic N) is 2. The van der Waals surface area contributed by atoms with Crippen LogP contribution >= 0.6 is 0 Å². The average Bonchev–Trinajstić information content (AvgIpc) is 2.82. The molecule has 0 spiro atoms. The quantitative estimate of drug-likeness (QED) is 0.822. The van der Waals surface area contributed by atoms with E-state index in [0.29, 0.717) is 18.7 Å². The largest absolute Gasteiger partial charge is 0.474 e. The van der Waals surface area contributed by atoms with Crippen LogP contribution in [0.3, 0.4) is 0 Å². The highest BCUT2D eigenvalue weighted by Crippen LogP contribution is 2.26. The minimum absolute atomic E-state index is 0.0491. The molecule has 0 aliphatic carbocycles. The molecule has 0 fully saturated rings. The molecule has 2 aromatic heterocycles. The zero-order valence-corrected chi connectivity index (χ0v) is 12.0. The fourth-order valence-electron chi connectivity index (χ4n) is 1.90. The smallest absolute Gasteiger partial charge is 0.226 e. The molecule has 0 radical (unpaired) electrons. The van der Waals surface area contributed by atoms with Crippen LogP contribution in [0.2, 0.25) is 0 Å². The Bertz CT molecular complexity index is 629. The molecule has 106 valence electrons. The van der Waals surface area contributed by atoms with Crippen LogP contribution in [0.5, 0.6) is 5.88 Å². The van der Waals surface area contributed by atoms with Crippen LogP contribution in [-0.2, 0) is 11.2 Å². The van der Waals surface area contributed by atoms with E-state index in [2.05, 4.69) is 15.0 Å².